The number of carbonyl (C=O) groups excluding carboxylic acids is 2. The van der Waals surface area contributed by atoms with Crippen molar-refractivity contribution in [1.82, 2.24) is 10.2 Å². The van der Waals surface area contributed by atoms with E-state index in [1.807, 2.05) is 13.8 Å². The van der Waals surface area contributed by atoms with Crippen LogP contribution in [0.5, 0.6) is 5.75 Å². The summed E-state index contributed by atoms with van der Waals surface area (Å²) in [5, 5.41) is 12.9. The molecular formula is C25H35N3O7. The fourth-order valence-corrected chi connectivity index (χ4v) is 4.66. The molecule has 0 spiro atoms. The maximum Gasteiger partial charge on any atom is 0.437 e. The van der Waals surface area contributed by atoms with E-state index in [4.69, 9.17) is 14.2 Å². The number of carboxylic acid groups (broad SMARTS) is 1. The van der Waals surface area contributed by atoms with Gasteiger partial charge in [-0.15, -0.1) is 4.99 Å². The van der Waals surface area contributed by atoms with Gasteiger partial charge in [0, 0.05) is 18.2 Å². The van der Waals surface area contributed by atoms with Crippen LogP contribution in [-0.2, 0) is 14.3 Å². The van der Waals surface area contributed by atoms with E-state index < -0.39 is 34.8 Å². The lowest BCUT2D eigenvalue weighted by Crippen LogP contribution is -2.65. The molecule has 1 saturated heterocycles. The normalized spacial score (nSPS) is 24.5. The van der Waals surface area contributed by atoms with Crippen LogP contribution < -0.4 is 10.1 Å². The summed E-state index contributed by atoms with van der Waals surface area (Å²) in [4.78, 5) is 43.8. The van der Waals surface area contributed by atoms with Crippen LogP contribution in [0.2, 0.25) is 0 Å². The summed E-state index contributed by atoms with van der Waals surface area (Å²) < 4.78 is 17.0. The summed E-state index contributed by atoms with van der Waals surface area (Å²) >= 11 is 0. The smallest absolute Gasteiger partial charge is 0.437 e. The zero-order valence-electron chi connectivity index (χ0n) is 21.4. The standard InChI is InChI=1S/C25H35N3O7/c1-8-25(9-2)13-18(29)28(21(27-25)26-22(32)35-23(3,4)5)19-16-12-15(20(30)31)10-11-17(16)34-24(19,6)14-33-7/h10-12,19H,8-9,13-14H2,1-7H3,(H,30,31)(H,26,27,32)/t19-,24-/m0/s1. The van der Waals surface area contributed by atoms with Crippen molar-refractivity contribution in [3.63, 3.8) is 0 Å². The largest absolute Gasteiger partial charge is 0.482 e. The van der Waals surface area contributed by atoms with Crippen molar-refractivity contribution < 1.29 is 33.7 Å². The van der Waals surface area contributed by atoms with Crippen molar-refractivity contribution in [1.29, 1.82) is 0 Å². The molecule has 0 radical (unpaired) electrons. The Morgan fingerprint density at radius 2 is 1.94 bits per heavy atom. The van der Waals surface area contributed by atoms with Gasteiger partial charge in [-0.2, -0.15) is 0 Å². The predicted octanol–water partition coefficient (Wildman–Crippen LogP) is 3.90. The van der Waals surface area contributed by atoms with E-state index in [-0.39, 0.29) is 30.5 Å². The van der Waals surface area contributed by atoms with E-state index in [9.17, 15) is 19.5 Å². The number of benzene rings is 1. The monoisotopic (exact) mass is 489 g/mol. The Hall–Kier alpha value is -3.14. The number of guanidine groups is 1. The Labute approximate surface area is 205 Å². The molecule has 3 rings (SSSR count). The summed E-state index contributed by atoms with van der Waals surface area (Å²) in [6, 6.07) is 3.71. The molecule has 0 aliphatic carbocycles. The number of fused-ring (bicyclic) bond motifs is 1. The second-order valence-electron chi connectivity index (χ2n) is 10.3. The molecule has 1 aromatic carbocycles. The van der Waals surface area contributed by atoms with E-state index in [0.717, 1.165) is 0 Å². The van der Waals surface area contributed by atoms with E-state index in [0.29, 0.717) is 24.2 Å². The molecule has 35 heavy (non-hydrogen) atoms. The minimum absolute atomic E-state index is 0.0451. The van der Waals surface area contributed by atoms with Crippen molar-refractivity contribution in [3.8, 4) is 5.75 Å². The molecule has 2 aliphatic rings. The fraction of sp³-hybridized carbons (Fsp3) is 0.600. The van der Waals surface area contributed by atoms with Crippen molar-refractivity contribution >= 4 is 23.9 Å². The molecule has 1 aromatic rings. The first-order valence-corrected chi connectivity index (χ1v) is 11.7. The van der Waals surface area contributed by atoms with Crippen LogP contribution in [0.15, 0.2) is 23.2 Å². The van der Waals surface area contributed by atoms with Crippen molar-refractivity contribution in [2.45, 2.75) is 83.6 Å². The van der Waals surface area contributed by atoms with Gasteiger partial charge >= 0.3 is 12.1 Å². The number of amides is 2. The van der Waals surface area contributed by atoms with Gasteiger partial charge < -0.3 is 24.6 Å². The van der Waals surface area contributed by atoms with Gasteiger partial charge in [0.05, 0.1) is 18.6 Å². The fourth-order valence-electron chi connectivity index (χ4n) is 4.66. The molecule has 10 heteroatoms. The van der Waals surface area contributed by atoms with Gasteiger partial charge in [-0.25, -0.2) is 9.59 Å². The molecule has 0 saturated carbocycles. The summed E-state index contributed by atoms with van der Waals surface area (Å²) in [5.74, 6) is -0.886. The Morgan fingerprint density at radius 1 is 1.29 bits per heavy atom. The van der Waals surface area contributed by atoms with Gasteiger partial charge in [-0.1, -0.05) is 13.8 Å². The van der Waals surface area contributed by atoms with Gasteiger partial charge in [0.15, 0.2) is 5.60 Å². The van der Waals surface area contributed by atoms with E-state index in [2.05, 4.69) is 10.3 Å². The van der Waals surface area contributed by atoms with Crippen LogP contribution >= 0.6 is 0 Å². The molecule has 192 valence electrons. The average Bonchev–Trinajstić information content (AvgIpc) is 3.03. The lowest BCUT2D eigenvalue weighted by atomic mass is 9.84. The predicted molar refractivity (Wildman–Crippen MR) is 129 cm³/mol. The molecule has 2 N–H and O–H groups in total. The van der Waals surface area contributed by atoms with E-state index in [1.54, 1.807) is 33.8 Å². The molecule has 0 bridgehead atoms. The van der Waals surface area contributed by atoms with Crippen LogP contribution in [0.3, 0.4) is 0 Å². The Kier molecular flexibility index (Phi) is 7.17. The zero-order chi connectivity index (χ0) is 26.2. The molecule has 1 fully saturated rings. The van der Waals surface area contributed by atoms with Crippen LogP contribution in [0, 0.1) is 0 Å². The molecule has 2 amide bonds. The highest BCUT2D eigenvalue weighted by molar-refractivity contribution is 6.04. The number of nitrogens with one attached hydrogen (secondary N) is 1. The number of ether oxygens (including phenoxy) is 3. The highest BCUT2D eigenvalue weighted by Gasteiger charge is 2.54. The van der Waals surface area contributed by atoms with Crippen LogP contribution in [0.4, 0.5) is 4.79 Å². The molecule has 2 atom stereocenters. The number of nitrogens with zero attached hydrogens (tertiary/aromatic N) is 2. The quantitative estimate of drug-likeness (QED) is 0.616. The molecule has 2 aliphatic heterocycles. The number of carbonyl (C=O) groups is 3. The highest BCUT2D eigenvalue weighted by atomic mass is 16.6. The minimum Gasteiger partial charge on any atom is -0.482 e. The Balaban J connectivity index is 2.18. The number of hydrogen-bond acceptors (Lipinski definition) is 6. The van der Waals surface area contributed by atoms with Crippen LogP contribution in [0.25, 0.3) is 0 Å². The number of methoxy groups -OCH3 is 1. The molecule has 2 heterocycles. The van der Waals surface area contributed by atoms with Gasteiger partial charge in [0.2, 0.25) is 11.9 Å². The first-order chi connectivity index (χ1) is 16.3. The topological polar surface area (TPSA) is 127 Å². The SMILES string of the molecule is CCC1(CC)CC(=O)N([C@H]2c3cc(C(=O)O)ccc3O[C@@]2(C)COC)/C(=N/C(=O)OC(C)(C)C)N1. The number of aliphatic imine (C=N–C) groups is 1. The number of carboxylic acids is 1. The van der Waals surface area contributed by atoms with Gasteiger partial charge in [0.25, 0.3) is 0 Å². The summed E-state index contributed by atoms with van der Waals surface area (Å²) in [6.07, 6.45) is 0.591. The first kappa shape index (κ1) is 26.5. The van der Waals surface area contributed by atoms with E-state index in [1.165, 1.54) is 24.1 Å². The Morgan fingerprint density at radius 3 is 2.49 bits per heavy atom. The second-order valence-corrected chi connectivity index (χ2v) is 10.3. The van der Waals surface area contributed by atoms with Gasteiger partial charge in [0.1, 0.15) is 17.4 Å². The molecule has 10 nitrogen and oxygen atoms in total. The number of rotatable bonds is 6. The third-order valence-electron chi connectivity index (χ3n) is 6.47. The maximum atomic E-state index is 13.8. The van der Waals surface area contributed by atoms with Gasteiger partial charge in [-0.05, 0) is 58.7 Å². The third kappa shape index (κ3) is 5.27. The second kappa shape index (κ2) is 9.49. The minimum atomic E-state index is -1.10. The highest BCUT2D eigenvalue weighted by Crippen LogP contribution is 2.48. The van der Waals surface area contributed by atoms with Crippen molar-refractivity contribution in [3.05, 3.63) is 29.3 Å². The lowest BCUT2D eigenvalue weighted by Gasteiger charge is -2.46. The lowest BCUT2D eigenvalue weighted by molar-refractivity contribution is -0.137. The van der Waals surface area contributed by atoms with Crippen LogP contribution in [-0.4, -0.2) is 64.4 Å². The zero-order valence-corrected chi connectivity index (χ0v) is 21.4. The Bertz CT molecular complexity index is 1040. The van der Waals surface area contributed by atoms with Gasteiger partial charge in [-0.3, -0.25) is 9.69 Å². The molecular weight excluding hydrogens is 454 g/mol. The third-order valence-corrected chi connectivity index (χ3v) is 6.47. The van der Waals surface area contributed by atoms with Crippen molar-refractivity contribution in [2.75, 3.05) is 13.7 Å². The number of aromatic carboxylic acids is 1. The summed E-state index contributed by atoms with van der Waals surface area (Å²) in [6.45, 7) is 11.0. The van der Waals surface area contributed by atoms with Crippen LogP contribution in [0.1, 0.15) is 82.8 Å². The molecule has 0 aromatic heterocycles. The molecule has 0 unspecified atom stereocenters. The van der Waals surface area contributed by atoms with E-state index >= 15 is 0 Å². The first-order valence-electron chi connectivity index (χ1n) is 11.7. The maximum absolute atomic E-state index is 13.8. The number of hydrogen-bond donors (Lipinski definition) is 2. The summed E-state index contributed by atoms with van der Waals surface area (Å²) in [7, 11) is 1.52. The average molecular weight is 490 g/mol. The summed E-state index contributed by atoms with van der Waals surface area (Å²) in [5.41, 5.74) is -1.88. The van der Waals surface area contributed by atoms with Crippen molar-refractivity contribution in [2.24, 2.45) is 4.99 Å².